The Balaban J connectivity index is 1.89. The lowest BCUT2D eigenvalue weighted by molar-refractivity contribution is -0.120. The molecule has 5 heteroatoms. The number of halogens is 1. The van der Waals surface area contributed by atoms with Gasteiger partial charge in [-0.1, -0.05) is 15.9 Å². The van der Waals surface area contributed by atoms with Crippen molar-refractivity contribution in [3.63, 3.8) is 0 Å². The fourth-order valence-electron chi connectivity index (χ4n) is 2.49. The zero-order valence-electron chi connectivity index (χ0n) is 11.5. The van der Waals surface area contributed by atoms with Crippen LogP contribution in [-0.4, -0.2) is 18.0 Å². The molecular weight excluding hydrogens is 318 g/mol. The standard InChI is InChI=1S/C15H18BrN3O/c1-11-8-12(4-5-13(11)16)18-9-14(20)19-15(10-17)6-2-3-7-15/h4-5,8,18H,2-3,6-7,9H2,1H3,(H,19,20). The van der Waals surface area contributed by atoms with Crippen LogP contribution in [0.1, 0.15) is 31.2 Å². The van der Waals surface area contributed by atoms with Gasteiger partial charge in [0.15, 0.2) is 0 Å². The first-order chi connectivity index (χ1) is 9.54. The number of nitrogens with one attached hydrogen (secondary N) is 2. The molecule has 1 aromatic carbocycles. The maximum Gasteiger partial charge on any atom is 0.240 e. The third kappa shape index (κ3) is 3.51. The van der Waals surface area contributed by atoms with Crippen molar-refractivity contribution in [1.29, 1.82) is 5.26 Å². The topological polar surface area (TPSA) is 64.9 Å². The van der Waals surface area contributed by atoms with Gasteiger partial charge in [0.2, 0.25) is 5.91 Å². The third-order valence-corrected chi connectivity index (χ3v) is 4.55. The van der Waals surface area contributed by atoms with Gasteiger partial charge in [0.25, 0.3) is 0 Å². The Morgan fingerprint density at radius 2 is 2.15 bits per heavy atom. The summed E-state index contributed by atoms with van der Waals surface area (Å²) in [7, 11) is 0. The van der Waals surface area contributed by atoms with Crippen molar-refractivity contribution in [2.75, 3.05) is 11.9 Å². The summed E-state index contributed by atoms with van der Waals surface area (Å²) in [6.45, 7) is 2.18. The fourth-order valence-corrected chi connectivity index (χ4v) is 2.74. The van der Waals surface area contributed by atoms with Gasteiger partial charge < -0.3 is 10.6 Å². The summed E-state index contributed by atoms with van der Waals surface area (Å²) in [5.74, 6) is -0.131. The number of carbonyl (C=O) groups excluding carboxylic acids is 1. The van der Waals surface area contributed by atoms with Crippen molar-refractivity contribution in [3.8, 4) is 6.07 Å². The van der Waals surface area contributed by atoms with E-state index in [0.717, 1.165) is 41.4 Å². The van der Waals surface area contributed by atoms with Crippen LogP contribution in [-0.2, 0) is 4.79 Å². The first kappa shape index (κ1) is 14.9. The molecular formula is C15H18BrN3O. The summed E-state index contributed by atoms with van der Waals surface area (Å²) >= 11 is 3.44. The number of rotatable bonds is 4. The zero-order valence-corrected chi connectivity index (χ0v) is 13.1. The molecule has 106 valence electrons. The maximum absolute atomic E-state index is 12.0. The quantitative estimate of drug-likeness (QED) is 0.888. The minimum Gasteiger partial charge on any atom is -0.376 e. The molecule has 0 spiro atoms. The van der Waals surface area contributed by atoms with E-state index in [2.05, 4.69) is 32.6 Å². The van der Waals surface area contributed by atoms with Crippen LogP contribution in [0.4, 0.5) is 5.69 Å². The van der Waals surface area contributed by atoms with Crippen LogP contribution in [0, 0.1) is 18.3 Å². The molecule has 0 saturated heterocycles. The number of nitriles is 1. The average molecular weight is 336 g/mol. The van der Waals surface area contributed by atoms with E-state index in [-0.39, 0.29) is 12.5 Å². The van der Waals surface area contributed by atoms with Crippen LogP contribution < -0.4 is 10.6 Å². The van der Waals surface area contributed by atoms with Crippen LogP contribution in [0.15, 0.2) is 22.7 Å². The van der Waals surface area contributed by atoms with Gasteiger partial charge in [-0.3, -0.25) is 4.79 Å². The Morgan fingerprint density at radius 1 is 1.45 bits per heavy atom. The van der Waals surface area contributed by atoms with Gasteiger partial charge in [-0.15, -0.1) is 0 Å². The van der Waals surface area contributed by atoms with Gasteiger partial charge in [-0.25, -0.2) is 0 Å². The van der Waals surface area contributed by atoms with Crippen molar-refractivity contribution in [1.82, 2.24) is 5.32 Å². The van der Waals surface area contributed by atoms with Crippen LogP contribution in [0.2, 0.25) is 0 Å². The van der Waals surface area contributed by atoms with E-state index in [4.69, 9.17) is 0 Å². The lowest BCUT2D eigenvalue weighted by Gasteiger charge is -2.22. The highest BCUT2D eigenvalue weighted by molar-refractivity contribution is 9.10. The molecule has 1 saturated carbocycles. The minimum atomic E-state index is -0.644. The third-order valence-electron chi connectivity index (χ3n) is 3.66. The Labute approximate surface area is 127 Å². The van der Waals surface area contributed by atoms with Gasteiger partial charge in [0.1, 0.15) is 5.54 Å². The van der Waals surface area contributed by atoms with Gasteiger partial charge in [-0.05, 0) is 56.4 Å². The molecule has 1 fully saturated rings. The normalized spacial score (nSPS) is 16.4. The van der Waals surface area contributed by atoms with Gasteiger partial charge in [0.05, 0.1) is 12.6 Å². The van der Waals surface area contributed by atoms with E-state index in [1.54, 1.807) is 0 Å². The smallest absolute Gasteiger partial charge is 0.240 e. The molecule has 0 bridgehead atoms. The van der Waals surface area contributed by atoms with Crippen molar-refractivity contribution < 1.29 is 4.79 Å². The molecule has 1 amide bonds. The predicted octanol–water partition coefficient (Wildman–Crippen LogP) is 3.12. The maximum atomic E-state index is 12.0. The summed E-state index contributed by atoms with van der Waals surface area (Å²) in [6, 6.07) is 8.10. The number of nitrogens with zero attached hydrogens (tertiary/aromatic N) is 1. The summed E-state index contributed by atoms with van der Waals surface area (Å²) in [4.78, 5) is 12.0. The van der Waals surface area contributed by atoms with Crippen molar-refractivity contribution in [2.45, 2.75) is 38.1 Å². The molecule has 0 aliphatic heterocycles. The highest BCUT2D eigenvalue weighted by Crippen LogP contribution is 2.28. The number of benzene rings is 1. The van der Waals surface area contributed by atoms with Crippen LogP contribution >= 0.6 is 15.9 Å². The molecule has 0 heterocycles. The number of hydrogen-bond donors (Lipinski definition) is 2. The van der Waals surface area contributed by atoms with Crippen LogP contribution in [0.25, 0.3) is 0 Å². The SMILES string of the molecule is Cc1cc(NCC(=O)NC2(C#N)CCCC2)ccc1Br. The summed E-state index contributed by atoms with van der Waals surface area (Å²) in [6.07, 6.45) is 3.53. The van der Waals surface area contributed by atoms with Gasteiger partial charge in [-0.2, -0.15) is 5.26 Å². The molecule has 20 heavy (non-hydrogen) atoms. The second kappa shape index (κ2) is 6.27. The van der Waals surface area contributed by atoms with E-state index in [0.29, 0.717) is 0 Å². The molecule has 1 aliphatic carbocycles. The molecule has 0 unspecified atom stereocenters. The molecule has 1 aliphatic rings. The van der Waals surface area contributed by atoms with E-state index < -0.39 is 5.54 Å². The second-order valence-corrected chi connectivity index (χ2v) is 6.12. The zero-order chi connectivity index (χ0) is 14.6. The molecule has 0 aromatic heterocycles. The molecule has 0 radical (unpaired) electrons. The van der Waals surface area contributed by atoms with Gasteiger partial charge in [0, 0.05) is 10.2 Å². The Morgan fingerprint density at radius 3 is 2.75 bits per heavy atom. The van der Waals surface area contributed by atoms with Crippen molar-refractivity contribution in [2.24, 2.45) is 0 Å². The van der Waals surface area contributed by atoms with E-state index >= 15 is 0 Å². The first-order valence-corrected chi connectivity index (χ1v) is 7.56. The summed E-state index contributed by atoms with van der Waals surface area (Å²) < 4.78 is 1.04. The monoisotopic (exact) mass is 335 g/mol. The number of amides is 1. The molecule has 1 aromatic rings. The molecule has 0 atom stereocenters. The number of carbonyl (C=O) groups is 1. The Kier molecular flexibility index (Phi) is 4.66. The number of aryl methyl sites for hydroxylation is 1. The Hall–Kier alpha value is -1.54. The van der Waals surface area contributed by atoms with Crippen LogP contribution in [0.3, 0.4) is 0 Å². The second-order valence-electron chi connectivity index (χ2n) is 5.27. The van der Waals surface area contributed by atoms with Crippen LogP contribution in [0.5, 0.6) is 0 Å². The molecule has 2 N–H and O–H groups in total. The first-order valence-electron chi connectivity index (χ1n) is 6.77. The Bertz CT molecular complexity index is 545. The fraction of sp³-hybridized carbons (Fsp3) is 0.467. The van der Waals surface area contributed by atoms with Crippen molar-refractivity contribution >= 4 is 27.5 Å². The number of anilines is 1. The number of hydrogen-bond acceptors (Lipinski definition) is 3. The highest BCUT2D eigenvalue weighted by atomic mass is 79.9. The minimum absolute atomic E-state index is 0.131. The lowest BCUT2D eigenvalue weighted by atomic mass is 10.00. The lowest BCUT2D eigenvalue weighted by Crippen LogP contribution is -2.47. The van der Waals surface area contributed by atoms with Crippen molar-refractivity contribution in [3.05, 3.63) is 28.2 Å². The molecule has 2 rings (SSSR count). The highest BCUT2D eigenvalue weighted by Gasteiger charge is 2.35. The van der Waals surface area contributed by atoms with E-state index in [1.807, 2.05) is 25.1 Å². The summed E-state index contributed by atoms with van der Waals surface area (Å²) in [5.41, 5.74) is 1.37. The van der Waals surface area contributed by atoms with E-state index in [1.165, 1.54) is 0 Å². The largest absolute Gasteiger partial charge is 0.376 e. The summed E-state index contributed by atoms with van der Waals surface area (Å²) in [5, 5.41) is 15.2. The van der Waals surface area contributed by atoms with E-state index in [9.17, 15) is 10.1 Å². The van der Waals surface area contributed by atoms with Gasteiger partial charge >= 0.3 is 0 Å². The average Bonchev–Trinajstić information content (AvgIpc) is 2.89. The predicted molar refractivity (Wildman–Crippen MR) is 82.3 cm³/mol. The molecule has 4 nitrogen and oxygen atoms in total.